The molecule has 1 fully saturated rings. The summed E-state index contributed by atoms with van der Waals surface area (Å²) in [6.07, 6.45) is -2.24. The van der Waals surface area contributed by atoms with Crippen LogP contribution in [0.5, 0.6) is 11.5 Å². The summed E-state index contributed by atoms with van der Waals surface area (Å²) in [5.41, 5.74) is 5.08. The third-order valence-corrected chi connectivity index (χ3v) is 3.39. The lowest BCUT2D eigenvalue weighted by Crippen LogP contribution is -2.45. The van der Waals surface area contributed by atoms with E-state index in [4.69, 9.17) is 19.9 Å². The van der Waals surface area contributed by atoms with Crippen molar-refractivity contribution in [2.75, 3.05) is 27.6 Å². The molecule has 0 aromatic heterocycles. The van der Waals surface area contributed by atoms with Crippen LogP contribution in [0.25, 0.3) is 0 Å². The van der Waals surface area contributed by atoms with Crippen LogP contribution >= 0.6 is 0 Å². The predicted octanol–water partition coefficient (Wildman–Crippen LogP) is 0.261. The predicted molar refractivity (Wildman–Crippen MR) is 82.5 cm³/mol. The maximum atomic E-state index is 12.8. The van der Waals surface area contributed by atoms with Crippen LogP contribution in [0.15, 0.2) is 18.2 Å². The van der Waals surface area contributed by atoms with Gasteiger partial charge in [0.2, 0.25) is 5.91 Å². The molecule has 11 heteroatoms. The number of carbonyl (C=O) groups is 4. The summed E-state index contributed by atoms with van der Waals surface area (Å²) in [6, 6.07) is 2.98. The number of primary amides is 1. The van der Waals surface area contributed by atoms with Crippen molar-refractivity contribution in [1.29, 1.82) is 0 Å². The molecule has 1 aromatic carbocycles. The second-order valence-corrected chi connectivity index (χ2v) is 4.94. The van der Waals surface area contributed by atoms with Crippen LogP contribution in [0.1, 0.15) is 10.4 Å². The molecule has 1 aliphatic heterocycles. The molecule has 140 valence electrons. The van der Waals surface area contributed by atoms with E-state index in [1.165, 1.54) is 18.2 Å². The van der Waals surface area contributed by atoms with Crippen molar-refractivity contribution in [1.82, 2.24) is 4.90 Å². The summed E-state index contributed by atoms with van der Waals surface area (Å²) in [4.78, 5) is 48.2. The average molecular weight is 368 g/mol. The Kier molecular flexibility index (Phi) is 5.96. The van der Waals surface area contributed by atoms with E-state index in [0.29, 0.717) is 0 Å². The molecule has 1 aliphatic rings. The van der Waals surface area contributed by atoms with E-state index >= 15 is 0 Å². The molecule has 2 amide bonds. The van der Waals surface area contributed by atoms with Gasteiger partial charge in [-0.25, -0.2) is 9.59 Å². The van der Waals surface area contributed by atoms with E-state index in [1.807, 2.05) is 0 Å². The number of hydrogen-bond donors (Lipinski definition) is 1. The third kappa shape index (κ3) is 4.00. The summed E-state index contributed by atoms with van der Waals surface area (Å²) in [5.74, 6) is -2.12. The SMILES string of the molecule is COC(=O)Oc1cccc(C(=O)N2COCC2C(N)=O)c1OC(=O)OC. The van der Waals surface area contributed by atoms with Crippen LogP contribution in [0.2, 0.25) is 0 Å². The molecule has 2 N–H and O–H groups in total. The van der Waals surface area contributed by atoms with Crippen molar-refractivity contribution >= 4 is 24.1 Å². The van der Waals surface area contributed by atoms with E-state index < -0.39 is 30.2 Å². The van der Waals surface area contributed by atoms with Gasteiger partial charge < -0.3 is 34.3 Å². The average Bonchev–Trinajstić information content (AvgIpc) is 3.12. The number of carbonyl (C=O) groups excluding carboxylic acids is 4. The lowest BCUT2D eigenvalue weighted by atomic mass is 10.1. The molecule has 0 bridgehead atoms. The highest BCUT2D eigenvalue weighted by atomic mass is 16.7. The highest BCUT2D eigenvalue weighted by Gasteiger charge is 2.36. The number of nitrogens with two attached hydrogens (primary N) is 1. The van der Waals surface area contributed by atoms with Gasteiger partial charge in [-0.05, 0) is 12.1 Å². The highest BCUT2D eigenvalue weighted by Crippen LogP contribution is 2.33. The molecule has 26 heavy (non-hydrogen) atoms. The van der Waals surface area contributed by atoms with Gasteiger partial charge in [-0.2, -0.15) is 0 Å². The van der Waals surface area contributed by atoms with E-state index in [9.17, 15) is 19.2 Å². The summed E-state index contributed by atoms with van der Waals surface area (Å²) < 4.78 is 23.7. The number of methoxy groups -OCH3 is 2. The first-order valence-electron chi connectivity index (χ1n) is 7.21. The van der Waals surface area contributed by atoms with Crippen molar-refractivity contribution in [3.05, 3.63) is 23.8 Å². The molecule has 0 aliphatic carbocycles. The highest BCUT2D eigenvalue weighted by molar-refractivity contribution is 6.01. The fourth-order valence-electron chi connectivity index (χ4n) is 2.16. The van der Waals surface area contributed by atoms with Gasteiger partial charge in [-0.15, -0.1) is 0 Å². The van der Waals surface area contributed by atoms with E-state index in [0.717, 1.165) is 19.1 Å². The number of amides is 2. The lowest BCUT2D eigenvalue weighted by Gasteiger charge is -2.21. The zero-order chi connectivity index (χ0) is 19.3. The number of para-hydroxylation sites is 1. The summed E-state index contributed by atoms with van der Waals surface area (Å²) in [5, 5.41) is 0. The Morgan fingerprint density at radius 2 is 1.77 bits per heavy atom. The van der Waals surface area contributed by atoms with Gasteiger partial charge >= 0.3 is 12.3 Å². The van der Waals surface area contributed by atoms with Crippen molar-refractivity contribution in [3.63, 3.8) is 0 Å². The zero-order valence-corrected chi connectivity index (χ0v) is 13.9. The molecule has 2 rings (SSSR count). The van der Waals surface area contributed by atoms with Crippen LogP contribution < -0.4 is 15.2 Å². The molecular weight excluding hydrogens is 352 g/mol. The van der Waals surface area contributed by atoms with Gasteiger partial charge in [0, 0.05) is 0 Å². The summed E-state index contributed by atoms with van der Waals surface area (Å²) in [7, 11) is 2.14. The first kappa shape index (κ1) is 19.0. The molecule has 11 nitrogen and oxygen atoms in total. The van der Waals surface area contributed by atoms with Gasteiger partial charge in [0.05, 0.1) is 26.4 Å². The van der Waals surface area contributed by atoms with Crippen LogP contribution in [0, 0.1) is 0 Å². The van der Waals surface area contributed by atoms with Crippen molar-refractivity contribution in [2.24, 2.45) is 5.73 Å². The Balaban J connectivity index is 2.44. The first-order valence-corrected chi connectivity index (χ1v) is 7.21. The molecule has 1 aromatic rings. The van der Waals surface area contributed by atoms with Crippen LogP contribution in [-0.4, -0.2) is 62.6 Å². The normalized spacial score (nSPS) is 15.9. The number of rotatable bonds is 4. The number of nitrogens with zero attached hydrogens (tertiary/aromatic N) is 1. The third-order valence-electron chi connectivity index (χ3n) is 3.39. The fourth-order valence-corrected chi connectivity index (χ4v) is 2.16. The molecular formula is C15H16N2O9. The number of ether oxygens (including phenoxy) is 5. The summed E-state index contributed by atoms with van der Waals surface area (Å²) in [6.45, 7) is -0.251. The second-order valence-electron chi connectivity index (χ2n) is 4.94. The van der Waals surface area contributed by atoms with Crippen molar-refractivity contribution < 1.29 is 42.9 Å². The van der Waals surface area contributed by atoms with Gasteiger partial charge in [0.1, 0.15) is 12.8 Å². The number of hydrogen-bond acceptors (Lipinski definition) is 9. The molecule has 0 radical (unpaired) electrons. The standard InChI is InChI=1S/C15H16N2O9/c1-22-14(20)25-10-5-3-4-8(11(10)26-15(21)23-2)13(19)17-7-24-6-9(17)12(16)18/h3-5,9H,6-7H2,1-2H3,(H2,16,18). The molecule has 1 atom stereocenters. The first-order chi connectivity index (χ1) is 12.4. The quantitative estimate of drug-likeness (QED) is 0.584. The maximum absolute atomic E-state index is 12.8. The molecule has 0 saturated carbocycles. The second kappa shape index (κ2) is 8.16. The Hall–Kier alpha value is -3.34. The monoisotopic (exact) mass is 368 g/mol. The van der Waals surface area contributed by atoms with Crippen LogP contribution in [0.3, 0.4) is 0 Å². The fraction of sp³-hybridized carbons (Fsp3) is 0.333. The van der Waals surface area contributed by atoms with Gasteiger partial charge in [0.15, 0.2) is 11.5 Å². The Labute approximate surface area is 147 Å². The van der Waals surface area contributed by atoms with Gasteiger partial charge in [-0.3, -0.25) is 9.59 Å². The zero-order valence-electron chi connectivity index (χ0n) is 13.9. The minimum absolute atomic E-state index is 0.0629. The van der Waals surface area contributed by atoms with Crippen molar-refractivity contribution in [3.8, 4) is 11.5 Å². The van der Waals surface area contributed by atoms with Gasteiger partial charge in [0.25, 0.3) is 5.91 Å². The lowest BCUT2D eigenvalue weighted by molar-refractivity contribution is -0.121. The summed E-state index contributed by atoms with van der Waals surface area (Å²) >= 11 is 0. The largest absolute Gasteiger partial charge is 0.513 e. The minimum atomic E-state index is -1.15. The Morgan fingerprint density at radius 1 is 1.12 bits per heavy atom. The Bertz CT molecular complexity index is 734. The van der Waals surface area contributed by atoms with E-state index in [-0.39, 0.29) is 30.4 Å². The molecule has 1 saturated heterocycles. The minimum Gasteiger partial charge on any atom is -0.437 e. The molecule has 0 spiro atoms. The number of benzene rings is 1. The van der Waals surface area contributed by atoms with Crippen LogP contribution in [-0.2, 0) is 19.0 Å². The van der Waals surface area contributed by atoms with E-state index in [1.54, 1.807) is 0 Å². The van der Waals surface area contributed by atoms with Gasteiger partial charge in [-0.1, -0.05) is 6.07 Å². The van der Waals surface area contributed by atoms with Crippen molar-refractivity contribution in [2.45, 2.75) is 6.04 Å². The van der Waals surface area contributed by atoms with Crippen LogP contribution in [0.4, 0.5) is 9.59 Å². The molecule has 1 unspecified atom stereocenters. The molecule has 1 heterocycles. The smallest absolute Gasteiger partial charge is 0.437 e. The Morgan fingerprint density at radius 3 is 2.38 bits per heavy atom. The maximum Gasteiger partial charge on any atom is 0.513 e. The van der Waals surface area contributed by atoms with E-state index in [2.05, 4.69) is 9.47 Å². The topological polar surface area (TPSA) is 144 Å².